The van der Waals surface area contributed by atoms with Crippen LogP contribution in [0.25, 0.3) is 11.2 Å². The molecule has 7 heteroatoms. The van der Waals surface area contributed by atoms with E-state index in [1.165, 1.54) is 18.8 Å². The van der Waals surface area contributed by atoms with E-state index in [2.05, 4.69) is 24.4 Å². The fourth-order valence-electron chi connectivity index (χ4n) is 2.54. The zero-order chi connectivity index (χ0) is 13.5. The van der Waals surface area contributed by atoms with Crippen LogP contribution in [-0.2, 0) is 11.3 Å². The molecule has 0 bridgehead atoms. The van der Waals surface area contributed by atoms with E-state index in [9.17, 15) is 0 Å². The highest BCUT2D eigenvalue weighted by atomic mass is 16.5. The van der Waals surface area contributed by atoms with Crippen LogP contribution >= 0.6 is 0 Å². The molecule has 2 aromatic heterocycles. The van der Waals surface area contributed by atoms with Crippen LogP contribution in [0.3, 0.4) is 0 Å². The van der Waals surface area contributed by atoms with Gasteiger partial charge in [0.1, 0.15) is 0 Å². The molecule has 1 radical (unpaired) electrons. The summed E-state index contributed by atoms with van der Waals surface area (Å²) in [5.74, 6) is 2.67. The van der Waals surface area contributed by atoms with Gasteiger partial charge in [0.05, 0.1) is 19.5 Å². The predicted molar refractivity (Wildman–Crippen MR) is 75.2 cm³/mol. The average Bonchev–Trinajstić information content (AvgIpc) is 3.20. The lowest BCUT2D eigenvalue weighted by Crippen LogP contribution is -2.37. The van der Waals surface area contributed by atoms with E-state index in [0.29, 0.717) is 19.2 Å². The maximum atomic E-state index is 5.88. The standard InChI is InChI=1S/C13H17N6O/c14-13-16-11(18-3-5-20-6-4-18)10-12(17-13)19(8-15-10)7-9-1-2-9/h8H,1-7H2,(H2,14,16,17). The molecule has 2 N–H and O–H groups in total. The second-order valence-electron chi connectivity index (χ2n) is 5.30. The Bertz CT molecular complexity index is 629. The molecular weight excluding hydrogens is 256 g/mol. The molecule has 2 aliphatic rings. The van der Waals surface area contributed by atoms with Crippen molar-refractivity contribution in [3.05, 3.63) is 12.2 Å². The van der Waals surface area contributed by atoms with Crippen molar-refractivity contribution < 1.29 is 4.74 Å². The predicted octanol–water partition coefficient (Wildman–Crippen LogP) is 0.613. The molecule has 0 spiro atoms. The summed E-state index contributed by atoms with van der Waals surface area (Å²) >= 11 is 0. The van der Waals surface area contributed by atoms with Crippen LogP contribution in [0.1, 0.15) is 12.8 Å². The second kappa shape index (κ2) is 4.59. The zero-order valence-electron chi connectivity index (χ0n) is 11.2. The molecule has 1 aliphatic carbocycles. The van der Waals surface area contributed by atoms with Crippen molar-refractivity contribution in [2.75, 3.05) is 36.9 Å². The van der Waals surface area contributed by atoms with Gasteiger partial charge in [0.15, 0.2) is 17.0 Å². The molecule has 7 nitrogen and oxygen atoms in total. The molecule has 0 aromatic carbocycles. The van der Waals surface area contributed by atoms with Crippen LogP contribution in [-0.4, -0.2) is 45.8 Å². The van der Waals surface area contributed by atoms with Crippen LogP contribution in [0.15, 0.2) is 6.33 Å². The van der Waals surface area contributed by atoms with E-state index in [1.54, 1.807) is 0 Å². The Morgan fingerprint density at radius 2 is 2.00 bits per heavy atom. The van der Waals surface area contributed by atoms with E-state index in [4.69, 9.17) is 10.5 Å². The molecular formula is C13H17N6O. The lowest BCUT2D eigenvalue weighted by atomic mass is 10.3. The highest BCUT2D eigenvalue weighted by molar-refractivity contribution is 5.84. The highest BCUT2D eigenvalue weighted by Crippen LogP contribution is 2.34. The molecule has 3 heterocycles. The SMILES string of the molecule is Nc1nc(N2CCOCC2)c2ncn(C[C]3CC3)c2n1. The molecule has 2 fully saturated rings. The number of nitrogens with two attached hydrogens (primary N) is 1. The Balaban J connectivity index is 1.77. The first-order valence-corrected chi connectivity index (χ1v) is 6.96. The first kappa shape index (κ1) is 11.9. The number of nitrogens with zero attached hydrogens (tertiary/aromatic N) is 5. The third-order valence-corrected chi connectivity index (χ3v) is 3.77. The topological polar surface area (TPSA) is 82.1 Å². The summed E-state index contributed by atoms with van der Waals surface area (Å²) in [6, 6.07) is 0. The van der Waals surface area contributed by atoms with Crippen LogP contribution < -0.4 is 10.6 Å². The van der Waals surface area contributed by atoms with Gasteiger partial charge in [-0.1, -0.05) is 0 Å². The molecule has 1 aliphatic heterocycles. The second-order valence-corrected chi connectivity index (χ2v) is 5.30. The Labute approximate surface area is 116 Å². The van der Waals surface area contributed by atoms with Crippen molar-refractivity contribution in [3.8, 4) is 0 Å². The van der Waals surface area contributed by atoms with Crippen molar-refractivity contribution in [1.29, 1.82) is 0 Å². The van der Waals surface area contributed by atoms with Gasteiger partial charge in [-0.05, 0) is 18.8 Å². The van der Waals surface area contributed by atoms with Gasteiger partial charge < -0.3 is 19.9 Å². The summed E-state index contributed by atoms with van der Waals surface area (Å²) < 4.78 is 7.45. The Morgan fingerprint density at radius 1 is 1.20 bits per heavy atom. The molecule has 0 amide bonds. The van der Waals surface area contributed by atoms with E-state index < -0.39 is 0 Å². The van der Waals surface area contributed by atoms with Gasteiger partial charge in [-0.15, -0.1) is 0 Å². The molecule has 105 valence electrons. The van der Waals surface area contributed by atoms with E-state index in [-0.39, 0.29) is 0 Å². The summed E-state index contributed by atoms with van der Waals surface area (Å²) in [6.07, 6.45) is 4.28. The number of hydrogen-bond donors (Lipinski definition) is 1. The lowest BCUT2D eigenvalue weighted by molar-refractivity contribution is 0.122. The van der Waals surface area contributed by atoms with E-state index in [1.807, 2.05) is 6.33 Å². The number of imidazole rings is 1. The summed E-state index contributed by atoms with van der Waals surface area (Å²) in [5.41, 5.74) is 7.55. The van der Waals surface area contributed by atoms with E-state index >= 15 is 0 Å². The summed E-state index contributed by atoms with van der Waals surface area (Å²) in [7, 11) is 0. The zero-order valence-corrected chi connectivity index (χ0v) is 11.2. The fraction of sp³-hybridized carbons (Fsp3) is 0.538. The van der Waals surface area contributed by atoms with Crippen molar-refractivity contribution in [3.63, 3.8) is 0 Å². The molecule has 20 heavy (non-hydrogen) atoms. The minimum atomic E-state index is 0.307. The number of ether oxygens (including phenoxy) is 1. The van der Waals surface area contributed by atoms with Crippen molar-refractivity contribution in [2.45, 2.75) is 19.4 Å². The third kappa shape index (κ3) is 2.07. The molecule has 1 saturated heterocycles. The number of hydrogen-bond acceptors (Lipinski definition) is 6. The first-order valence-electron chi connectivity index (χ1n) is 6.96. The number of fused-ring (bicyclic) bond motifs is 1. The van der Waals surface area contributed by atoms with Gasteiger partial charge >= 0.3 is 0 Å². The van der Waals surface area contributed by atoms with Gasteiger partial charge in [0.25, 0.3) is 0 Å². The summed E-state index contributed by atoms with van der Waals surface area (Å²) in [5, 5.41) is 0. The molecule has 0 atom stereocenters. The minimum Gasteiger partial charge on any atom is -0.378 e. The van der Waals surface area contributed by atoms with Crippen LogP contribution in [0, 0.1) is 5.92 Å². The number of morpholine rings is 1. The maximum Gasteiger partial charge on any atom is 0.224 e. The van der Waals surface area contributed by atoms with Crippen LogP contribution in [0.2, 0.25) is 0 Å². The van der Waals surface area contributed by atoms with Gasteiger partial charge in [0, 0.05) is 19.6 Å². The number of aromatic nitrogens is 4. The normalized spacial score (nSPS) is 19.7. The third-order valence-electron chi connectivity index (χ3n) is 3.77. The summed E-state index contributed by atoms with van der Waals surface area (Å²) in [6.45, 7) is 3.95. The van der Waals surface area contributed by atoms with Gasteiger partial charge in [-0.25, -0.2) is 4.98 Å². The summed E-state index contributed by atoms with van der Waals surface area (Å²) in [4.78, 5) is 15.4. The maximum absolute atomic E-state index is 5.88. The number of anilines is 2. The average molecular weight is 273 g/mol. The van der Waals surface area contributed by atoms with Crippen molar-refractivity contribution >= 4 is 22.9 Å². The van der Waals surface area contributed by atoms with Crippen LogP contribution in [0.5, 0.6) is 0 Å². The first-order chi connectivity index (χ1) is 9.81. The van der Waals surface area contributed by atoms with Gasteiger partial charge in [0.2, 0.25) is 5.95 Å². The van der Waals surface area contributed by atoms with E-state index in [0.717, 1.165) is 36.6 Å². The molecule has 4 rings (SSSR count). The largest absolute Gasteiger partial charge is 0.378 e. The van der Waals surface area contributed by atoms with Crippen LogP contribution in [0.4, 0.5) is 11.8 Å². The monoisotopic (exact) mass is 273 g/mol. The number of rotatable bonds is 3. The quantitative estimate of drug-likeness (QED) is 0.882. The molecule has 0 unspecified atom stereocenters. The molecule has 2 aromatic rings. The van der Waals surface area contributed by atoms with Crippen molar-refractivity contribution in [1.82, 2.24) is 19.5 Å². The number of nitrogen functional groups attached to an aromatic ring is 1. The smallest absolute Gasteiger partial charge is 0.224 e. The Morgan fingerprint density at radius 3 is 2.75 bits per heavy atom. The lowest BCUT2D eigenvalue weighted by Gasteiger charge is -2.27. The minimum absolute atomic E-state index is 0.307. The Hall–Kier alpha value is -1.89. The Kier molecular flexibility index (Phi) is 2.73. The highest BCUT2D eigenvalue weighted by Gasteiger charge is 2.25. The molecule has 1 saturated carbocycles. The van der Waals surface area contributed by atoms with Crippen molar-refractivity contribution in [2.24, 2.45) is 0 Å². The van der Waals surface area contributed by atoms with Gasteiger partial charge in [-0.2, -0.15) is 9.97 Å². The van der Waals surface area contributed by atoms with Gasteiger partial charge in [-0.3, -0.25) is 0 Å². The fourth-order valence-corrected chi connectivity index (χ4v) is 2.54.